The Hall–Kier alpha value is -1.56. The Morgan fingerprint density at radius 3 is 3.06 bits per heavy atom. The summed E-state index contributed by atoms with van der Waals surface area (Å²) >= 11 is 0. The molecule has 6 heteroatoms. The van der Waals surface area contributed by atoms with Crippen molar-refractivity contribution in [3.63, 3.8) is 0 Å². The van der Waals surface area contributed by atoms with Crippen molar-refractivity contribution in [3.05, 3.63) is 18.0 Å². The maximum Gasteiger partial charge on any atom is 0.156 e. The molecule has 6 nitrogen and oxygen atoms in total. The highest BCUT2D eigenvalue weighted by Gasteiger charge is 2.28. The van der Waals surface area contributed by atoms with Crippen molar-refractivity contribution in [2.75, 3.05) is 6.54 Å². The molecule has 0 bridgehead atoms. The summed E-state index contributed by atoms with van der Waals surface area (Å²) in [7, 11) is 0. The maximum atomic E-state index is 8.77. The number of rotatable bonds is 4. The molecule has 1 atom stereocenters. The maximum absolute atomic E-state index is 8.77. The van der Waals surface area contributed by atoms with Gasteiger partial charge in [-0.15, -0.1) is 0 Å². The van der Waals surface area contributed by atoms with Crippen LogP contribution in [0.5, 0.6) is 0 Å². The molecule has 1 unspecified atom stereocenters. The largest absolute Gasteiger partial charge is 0.409 e. The van der Waals surface area contributed by atoms with Crippen molar-refractivity contribution in [1.29, 1.82) is 0 Å². The Morgan fingerprint density at radius 2 is 2.44 bits per heavy atom. The molecule has 2 rings (SSSR count). The van der Waals surface area contributed by atoms with Crippen molar-refractivity contribution >= 4 is 5.84 Å². The fraction of sp³-hybridized carbons (Fsp3) is 0.667. The monoisotopic (exact) mass is 251 g/mol. The fourth-order valence-corrected chi connectivity index (χ4v) is 2.37. The molecule has 0 amide bonds. The van der Waals surface area contributed by atoms with Gasteiger partial charge in [-0.25, -0.2) is 0 Å². The van der Waals surface area contributed by atoms with E-state index in [0.29, 0.717) is 11.9 Å². The van der Waals surface area contributed by atoms with Crippen LogP contribution in [0.3, 0.4) is 0 Å². The molecule has 1 aliphatic heterocycles. The van der Waals surface area contributed by atoms with Crippen LogP contribution in [0, 0.1) is 0 Å². The molecular formula is C12H21N5O. The Morgan fingerprint density at radius 1 is 1.67 bits per heavy atom. The first-order chi connectivity index (χ1) is 8.61. The highest BCUT2D eigenvalue weighted by atomic mass is 16.4. The highest BCUT2D eigenvalue weighted by molar-refractivity contribution is 5.85. The summed E-state index contributed by atoms with van der Waals surface area (Å²) in [5, 5.41) is 16.4. The van der Waals surface area contributed by atoms with Crippen LogP contribution < -0.4 is 5.73 Å². The normalized spacial score (nSPS) is 21.9. The Labute approximate surface area is 107 Å². The zero-order valence-corrected chi connectivity index (χ0v) is 11.0. The molecule has 1 aromatic heterocycles. The number of likely N-dealkylation sites (tertiary alicyclic amines) is 1. The smallest absolute Gasteiger partial charge is 0.156 e. The van der Waals surface area contributed by atoms with Gasteiger partial charge in [0.15, 0.2) is 5.84 Å². The van der Waals surface area contributed by atoms with Gasteiger partial charge in [0.1, 0.15) is 0 Å². The predicted octanol–water partition coefficient (Wildman–Crippen LogP) is 1.17. The minimum absolute atomic E-state index is 0.0409. The van der Waals surface area contributed by atoms with Gasteiger partial charge in [0.25, 0.3) is 0 Å². The first-order valence-corrected chi connectivity index (χ1v) is 6.37. The number of hydrogen-bond donors (Lipinski definition) is 2. The Kier molecular flexibility index (Phi) is 3.86. The quantitative estimate of drug-likeness (QED) is 0.364. The lowest BCUT2D eigenvalue weighted by molar-refractivity contribution is 0.271. The molecule has 0 radical (unpaired) electrons. The summed E-state index contributed by atoms with van der Waals surface area (Å²) in [4.78, 5) is 2.21. The van der Waals surface area contributed by atoms with Gasteiger partial charge in [0.05, 0.1) is 11.7 Å². The average Bonchev–Trinajstić information content (AvgIpc) is 2.97. The molecule has 0 spiro atoms. The molecule has 100 valence electrons. The van der Waals surface area contributed by atoms with E-state index in [1.807, 2.05) is 16.9 Å². The third-order valence-electron chi connectivity index (χ3n) is 3.38. The van der Waals surface area contributed by atoms with E-state index >= 15 is 0 Å². The third kappa shape index (κ3) is 2.64. The lowest BCUT2D eigenvalue weighted by Gasteiger charge is -2.22. The zero-order chi connectivity index (χ0) is 13.1. The summed E-state index contributed by atoms with van der Waals surface area (Å²) in [6.07, 6.45) is 4.02. The van der Waals surface area contributed by atoms with Gasteiger partial charge in [-0.1, -0.05) is 5.16 Å². The number of aromatic nitrogens is 2. The number of hydrogen-bond acceptors (Lipinski definition) is 4. The van der Waals surface area contributed by atoms with Gasteiger partial charge in [0.2, 0.25) is 0 Å². The highest BCUT2D eigenvalue weighted by Crippen LogP contribution is 2.19. The molecule has 1 saturated heterocycles. The molecule has 3 N–H and O–H groups in total. The predicted molar refractivity (Wildman–Crippen MR) is 69.5 cm³/mol. The minimum Gasteiger partial charge on any atom is -0.409 e. The first-order valence-electron chi connectivity index (χ1n) is 6.37. The number of amidine groups is 1. The lowest BCUT2D eigenvalue weighted by atomic mass is 10.2. The number of oxime groups is 1. The van der Waals surface area contributed by atoms with Crippen LogP contribution in [0.1, 0.15) is 38.4 Å². The van der Waals surface area contributed by atoms with Crippen LogP contribution >= 0.6 is 0 Å². The minimum atomic E-state index is 0.0409. The molecule has 2 heterocycles. The second-order valence-corrected chi connectivity index (χ2v) is 5.03. The van der Waals surface area contributed by atoms with Crippen LogP contribution in [0.2, 0.25) is 0 Å². The van der Waals surface area contributed by atoms with Gasteiger partial charge in [-0.05, 0) is 39.3 Å². The fourth-order valence-electron chi connectivity index (χ4n) is 2.37. The van der Waals surface area contributed by atoms with Gasteiger partial charge in [0, 0.05) is 18.8 Å². The van der Waals surface area contributed by atoms with Crippen LogP contribution in [0.25, 0.3) is 0 Å². The number of nitrogens with zero attached hydrogens (tertiary/aromatic N) is 4. The van der Waals surface area contributed by atoms with Gasteiger partial charge < -0.3 is 10.9 Å². The van der Waals surface area contributed by atoms with Crippen molar-refractivity contribution in [2.45, 2.75) is 45.3 Å². The molecule has 0 aromatic carbocycles. The van der Waals surface area contributed by atoms with Gasteiger partial charge in [-0.3, -0.25) is 9.58 Å². The van der Waals surface area contributed by atoms with Crippen LogP contribution in [-0.2, 0) is 6.54 Å². The lowest BCUT2D eigenvalue weighted by Crippen LogP contribution is -2.40. The Balaban J connectivity index is 2.03. The molecular weight excluding hydrogens is 230 g/mol. The zero-order valence-electron chi connectivity index (χ0n) is 11.0. The van der Waals surface area contributed by atoms with E-state index in [0.717, 1.165) is 31.6 Å². The second kappa shape index (κ2) is 5.39. The van der Waals surface area contributed by atoms with Crippen molar-refractivity contribution < 1.29 is 5.21 Å². The summed E-state index contributed by atoms with van der Waals surface area (Å²) in [5.74, 6) is 0.302. The van der Waals surface area contributed by atoms with Gasteiger partial charge in [-0.2, -0.15) is 5.10 Å². The van der Waals surface area contributed by atoms with E-state index in [2.05, 4.69) is 29.0 Å². The first kappa shape index (κ1) is 12.9. The van der Waals surface area contributed by atoms with Crippen LogP contribution in [0.15, 0.2) is 17.4 Å². The third-order valence-corrected chi connectivity index (χ3v) is 3.38. The average molecular weight is 251 g/mol. The SMILES string of the molecule is CC(C)n1ccc(CN2CCCC2C(N)=NO)n1. The molecule has 0 saturated carbocycles. The van der Waals surface area contributed by atoms with Crippen LogP contribution in [0.4, 0.5) is 0 Å². The van der Waals surface area contributed by atoms with E-state index in [9.17, 15) is 0 Å². The summed E-state index contributed by atoms with van der Waals surface area (Å²) in [6.45, 7) is 5.92. The topological polar surface area (TPSA) is 79.7 Å². The molecule has 18 heavy (non-hydrogen) atoms. The van der Waals surface area contributed by atoms with Crippen LogP contribution in [-0.4, -0.2) is 38.3 Å². The molecule has 1 aromatic rings. The van der Waals surface area contributed by atoms with Crippen molar-refractivity contribution in [1.82, 2.24) is 14.7 Å². The van der Waals surface area contributed by atoms with E-state index in [1.165, 1.54) is 0 Å². The molecule has 0 aliphatic carbocycles. The summed E-state index contributed by atoms with van der Waals surface area (Å²) in [5.41, 5.74) is 6.74. The summed E-state index contributed by atoms with van der Waals surface area (Å²) < 4.78 is 1.95. The van der Waals surface area contributed by atoms with E-state index in [1.54, 1.807) is 0 Å². The Bertz CT molecular complexity index is 426. The van der Waals surface area contributed by atoms with Crippen molar-refractivity contribution in [2.24, 2.45) is 10.9 Å². The summed E-state index contributed by atoms with van der Waals surface area (Å²) in [6, 6.07) is 2.44. The standard InChI is InChI=1S/C12H21N5O/c1-9(2)17-7-5-10(14-17)8-16-6-3-4-11(16)12(13)15-18/h5,7,9,11,18H,3-4,6,8H2,1-2H3,(H2,13,15). The van der Waals surface area contributed by atoms with E-state index in [-0.39, 0.29) is 6.04 Å². The van der Waals surface area contributed by atoms with Crippen molar-refractivity contribution in [3.8, 4) is 0 Å². The molecule has 1 fully saturated rings. The van der Waals surface area contributed by atoms with E-state index < -0.39 is 0 Å². The second-order valence-electron chi connectivity index (χ2n) is 5.03. The molecule has 1 aliphatic rings. The number of nitrogens with two attached hydrogens (primary N) is 1. The van der Waals surface area contributed by atoms with E-state index in [4.69, 9.17) is 10.9 Å². The van der Waals surface area contributed by atoms with Gasteiger partial charge >= 0.3 is 0 Å².